The minimum absolute atomic E-state index is 0. The number of esters is 2. The van der Waals surface area contributed by atoms with E-state index in [2.05, 4.69) is 6.92 Å². The Morgan fingerprint density at radius 2 is 0.860 bits per heavy atom. The number of hydrogen-bond donors (Lipinski definition) is 0. The molecular weight excluding hydrogens is 575 g/mol. The summed E-state index contributed by atoms with van der Waals surface area (Å²) in [5.41, 5.74) is 0.0474. The molecule has 0 heterocycles. The molecule has 0 aliphatic rings. The first-order valence-electron chi connectivity index (χ1n) is 16.7. The maximum absolute atomic E-state index is 12.4. The van der Waals surface area contributed by atoms with Crippen LogP contribution in [0.1, 0.15) is 169 Å². The Hall–Kier alpha value is -0.930. The van der Waals surface area contributed by atoms with Crippen molar-refractivity contribution in [3.05, 3.63) is 35.4 Å². The van der Waals surface area contributed by atoms with Gasteiger partial charge < -0.3 is 14.0 Å². The fourth-order valence-corrected chi connectivity index (χ4v) is 5.39. The second-order valence-corrected chi connectivity index (χ2v) is 13.0. The largest absolute Gasteiger partial charge is 1.00 e. The van der Waals surface area contributed by atoms with Gasteiger partial charge in [0.1, 0.15) is 6.61 Å². The second-order valence-electron chi connectivity index (χ2n) is 11.5. The molecular formula is C34H57NaO7S. The van der Waals surface area contributed by atoms with E-state index in [4.69, 9.17) is 9.47 Å². The van der Waals surface area contributed by atoms with Crippen LogP contribution in [0.3, 0.4) is 0 Å². The smallest absolute Gasteiger partial charge is 0.748 e. The van der Waals surface area contributed by atoms with Crippen LogP contribution in [0.15, 0.2) is 24.3 Å². The van der Waals surface area contributed by atoms with E-state index >= 15 is 0 Å². The molecule has 0 aliphatic carbocycles. The van der Waals surface area contributed by atoms with Crippen LogP contribution in [0.4, 0.5) is 0 Å². The molecule has 0 aromatic heterocycles. The van der Waals surface area contributed by atoms with Gasteiger partial charge in [-0.05, 0) is 18.6 Å². The molecule has 0 saturated heterocycles. The zero-order chi connectivity index (χ0) is 30.7. The van der Waals surface area contributed by atoms with Crippen LogP contribution in [-0.4, -0.2) is 43.9 Å². The van der Waals surface area contributed by atoms with Gasteiger partial charge in [-0.2, -0.15) is 0 Å². The summed E-state index contributed by atoms with van der Waals surface area (Å²) in [5.74, 6) is -2.30. The molecule has 0 spiro atoms. The average molecular weight is 633 g/mol. The van der Waals surface area contributed by atoms with Crippen LogP contribution in [0.5, 0.6) is 0 Å². The number of unbranched alkanes of at least 4 members (excludes halogenated alkanes) is 21. The van der Waals surface area contributed by atoms with Gasteiger partial charge in [0, 0.05) is 0 Å². The minimum atomic E-state index is -4.49. The summed E-state index contributed by atoms with van der Waals surface area (Å²) in [4.78, 5) is 24.7. The third-order valence-electron chi connectivity index (χ3n) is 7.66. The summed E-state index contributed by atoms with van der Waals surface area (Å²) in [5, 5.41) is 0. The van der Waals surface area contributed by atoms with Crippen molar-refractivity contribution in [2.45, 2.75) is 148 Å². The van der Waals surface area contributed by atoms with Crippen molar-refractivity contribution in [2.24, 2.45) is 0 Å². The average Bonchev–Trinajstić information content (AvgIpc) is 2.96. The Kier molecular flexibility index (Phi) is 27.9. The van der Waals surface area contributed by atoms with Gasteiger partial charge >= 0.3 is 41.5 Å². The van der Waals surface area contributed by atoms with Crippen LogP contribution in [-0.2, 0) is 19.6 Å². The molecule has 0 N–H and O–H groups in total. The molecule has 0 bridgehead atoms. The van der Waals surface area contributed by atoms with Gasteiger partial charge in [-0.1, -0.05) is 154 Å². The number of carbonyl (C=O) groups excluding carboxylic acids is 2. The van der Waals surface area contributed by atoms with Crippen molar-refractivity contribution in [2.75, 3.05) is 19.0 Å². The predicted molar refractivity (Wildman–Crippen MR) is 169 cm³/mol. The van der Waals surface area contributed by atoms with Crippen LogP contribution >= 0.6 is 0 Å². The molecule has 1 rings (SSSR count). The standard InChI is InChI=1S/C34H58O7S.Na/c1-2-3-4-5-6-7-8-9-10-11-12-13-14-15-16-17-18-19-20-21-22-25-28-40-33(35)31-26-23-24-27-32(31)34(36)41-29-30-42(37,38)39;/h23-24,26-27H,2-22,25,28-30H2,1H3,(H,37,38,39);/q;+1/p-1. The summed E-state index contributed by atoms with van der Waals surface area (Å²) in [6, 6.07) is 6.04. The molecule has 1 aromatic rings. The minimum Gasteiger partial charge on any atom is -0.748 e. The monoisotopic (exact) mass is 632 g/mol. The quantitative estimate of drug-likeness (QED) is 0.0472. The fourth-order valence-electron chi connectivity index (χ4n) is 5.11. The van der Waals surface area contributed by atoms with Crippen LogP contribution < -0.4 is 29.6 Å². The summed E-state index contributed by atoms with van der Waals surface area (Å²) < 4.78 is 42.2. The first-order valence-corrected chi connectivity index (χ1v) is 18.3. The molecule has 0 saturated carbocycles. The van der Waals surface area contributed by atoms with Crippen molar-refractivity contribution < 1.29 is 61.6 Å². The summed E-state index contributed by atoms with van der Waals surface area (Å²) >= 11 is 0. The second kappa shape index (κ2) is 28.5. The normalized spacial score (nSPS) is 11.2. The molecule has 0 unspecified atom stereocenters. The molecule has 0 amide bonds. The molecule has 7 nitrogen and oxygen atoms in total. The zero-order valence-corrected chi connectivity index (χ0v) is 30.1. The molecule has 0 aliphatic heterocycles. The van der Waals surface area contributed by atoms with E-state index in [1.165, 1.54) is 134 Å². The van der Waals surface area contributed by atoms with E-state index in [1.54, 1.807) is 12.1 Å². The van der Waals surface area contributed by atoms with E-state index < -0.39 is 34.4 Å². The summed E-state index contributed by atoms with van der Waals surface area (Å²) in [6.45, 7) is 1.99. The van der Waals surface area contributed by atoms with Crippen molar-refractivity contribution in [3.8, 4) is 0 Å². The first-order chi connectivity index (χ1) is 20.3. The number of benzene rings is 1. The fraction of sp³-hybridized carbons (Fsp3) is 0.765. The Balaban J connectivity index is 0.0000176. The zero-order valence-electron chi connectivity index (χ0n) is 27.3. The Labute approximate surface area is 284 Å². The number of carbonyl (C=O) groups is 2. The van der Waals surface area contributed by atoms with Crippen LogP contribution in [0.2, 0.25) is 0 Å². The van der Waals surface area contributed by atoms with Crippen molar-refractivity contribution in [1.82, 2.24) is 0 Å². The molecule has 0 fully saturated rings. The van der Waals surface area contributed by atoms with Crippen molar-refractivity contribution in [1.29, 1.82) is 0 Å². The molecule has 242 valence electrons. The van der Waals surface area contributed by atoms with Gasteiger partial charge in [0.2, 0.25) is 0 Å². The Morgan fingerprint density at radius 3 is 1.19 bits per heavy atom. The maximum Gasteiger partial charge on any atom is 1.00 e. The van der Waals surface area contributed by atoms with Gasteiger partial charge in [0.15, 0.2) is 0 Å². The van der Waals surface area contributed by atoms with Gasteiger partial charge in [-0.15, -0.1) is 0 Å². The topological polar surface area (TPSA) is 110 Å². The maximum atomic E-state index is 12.4. The molecule has 9 heteroatoms. The number of rotatable bonds is 28. The van der Waals surface area contributed by atoms with Gasteiger partial charge in [0.25, 0.3) is 0 Å². The Morgan fingerprint density at radius 1 is 0.558 bits per heavy atom. The molecule has 0 radical (unpaired) electrons. The van der Waals surface area contributed by atoms with Crippen LogP contribution in [0, 0.1) is 0 Å². The SMILES string of the molecule is CCCCCCCCCCCCCCCCCCCCCCCCOC(=O)c1ccccc1C(=O)OCCS(=O)(=O)[O-].[Na+]. The van der Waals surface area contributed by atoms with Gasteiger partial charge in [-0.3, -0.25) is 0 Å². The van der Waals surface area contributed by atoms with E-state index in [0.29, 0.717) is 0 Å². The van der Waals surface area contributed by atoms with E-state index in [0.717, 1.165) is 19.3 Å². The van der Waals surface area contributed by atoms with E-state index in [-0.39, 0.29) is 47.3 Å². The third-order valence-corrected chi connectivity index (χ3v) is 8.33. The summed E-state index contributed by atoms with van der Waals surface area (Å²) in [7, 11) is -4.49. The summed E-state index contributed by atoms with van der Waals surface area (Å²) in [6.07, 6.45) is 29.0. The third kappa shape index (κ3) is 25.0. The van der Waals surface area contributed by atoms with Gasteiger partial charge in [0.05, 0.1) is 33.6 Å². The van der Waals surface area contributed by atoms with Crippen LogP contribution in [0.25, 0.3) is 0 Å². The predicted octanol–water partition coefficient (Wildman–Crippen LogP) is 6.15. The van der Waals surface area contributed by atoms with E-state index in [1.807, 2.05) is 0 Å². The Bertz CT molecular complexity index is 936. The van der Waals surface area contributed by atoms with Crippen molar-refractivity contribution in [3.63, 3.8) is 0 Å². The first kappa shape index (κ1) is 42.1. The number of ether oxygens (including phenoxy) is 2. The van der Waals surface area contributed by atoms with Crippen molar-refractivity contribution >= 4 is 22.1 Å². The van der Waals surface area contributed by atoms with E-state index in [9.17, 15) is 22.6 Å². The molecule has 1 aromatic carbocycles. The molecule has 0 atom stereocenters. The molecule has 43 heavy (non-hydrogen) atoms. The van der Waals surface area contributed by atoms with Gasteiger partial charge in [-0.25, -0.2) is 18.0 Å². The number of hydrogen-bond acceptors (Lipinski definition) is 7.